The fraction of sp³-hybridized carbons (Fsp3) is 0.833. The Balaban J connectivity index is 3.62. The fourth-order valence-electron chi connectivity index (χ4n) is 0.385. The molecule has 60 valence electrons. The van der Waals surface area contributed by atoms with Gasteiger partial charge in [-0.25, -0.2) is 0 Å². The molecule has 0 amide bonds. The minimum atomic E-state index is -1.03. The maximum atomic E-state index is 8.86. The fourth-order valence-corrected chi connectivity index (χ4v) is 0.652. The van der Waals surface area contributed by atoms with Gasteiger partial charge >= 0.3 is 0 Å². The summed E-state index contributed by atoms with van der Waals surface area (Å²) in [6.07, 6.45) is -1.08. The van der Waals surface area contributed by atoms with Gasteiger partial charge in [0.25, 0.3) is 0 Å². The van der Waals surface area contributed by atoms with Crippen LogP contribution in [-0.4, -0.2) is 34.1 Å². The lowest BCUT2D eigenvalue weighted by molar-refractivity contribution is 0.111. The van der Waals surface area contributed by atoms with Crippen LogP contribution in [0.15, 0.2) is 0 Å². The van der Waals surface area contributed by atoms with Gasteiger partial charge in [0.05, 0.1) is 12.7 Å². The Labute approximate surface area is 65.6 Å². The van der Waals surface area contributed by atoms with Gasteiger partial charge in [0.2, 0.25) is 0 Å². The molecule has 0 bridgehead atoms. The lowest BCUT2D eigenvalue weighted by atomic mass is 10.4. The summed E-state index contributed by atoms with van der Waals surface area (Å²) >= 11 is 4.62. The van der Waals surface area contributed by atoms with Crippen LogP contribution >= 0.6 is 12.2 Å². The molecule has 0 aliphatic rings. The number of aliphatic hydroxyl groups is 2. The van der Waals surface area contributed by atoms with Crippen LogP contribution in [0.5, 0.6) is 0 Å². The normalized spacial score (nSPS) is 13.3. The monoisotopic (exact) mass is 164 g/mol. The van der Waals surface area contributed by atoms with Gasteiger partial charge in [-0.3, -0.25) is 0 Å². The smallest absolute Gasteiger partial charge is 0.191 e. The predicted octanol–water partition coefficient (Wildman–Crippen LogP) is 0.0920. The third kappa shape index (κ3) is 3.76. The Morgan fingerprint density at radius 1 is 1.60 bits per heavy atom. The minimum absolute atomic E-state index is 0.0475. The van der Waals surface area contributed by atoms with Crippen molar-refractivity contribution in [3.05, 3.63) is 0 Å². The second-order valence-electron chi connectivity index (χ2n) is 2.18. The van der Waals surface area contributed by atoms with Crippen LogP contribution in [0.4, 0.5) is 0 Å². The number of ether oxygens (including phenoxy) is 1. The first-order valence-corrected chi connectivity index (χ1v) is 3.48. The molecule has 0 radical (unpaired) electrons. The van der Waals surface area contributed by atoms with Gasteiger partial charge in [0, 0.05) is 0 Å². The molecule has 0 aliphatic heterocycles. The largest absolute Gasteiger partial charge is 0.482 e. The van der Waals surface area contributed by atoms with E-state index in [1.165, 1.54) is 0 Å². The Hall–Kier alpha value is -0.190. The highest BCUT2D eigenvalue weighted by molar-refractivity contribution is 7.80. The third-order valence-corrected chi connectivity index (χ3v) is 1.17. The lowest BCUT2D eigenvalue weighted by Gasteiger charge is -2.13. The molecule has 1 atom stereocenters. The van der Waals surface area contributed by atoms with E-state index in [0.29, 0.717) is 0 Å². The summed E-state index contributed by atoms with van der Waals surface area (Å²) in [6.45, 7) is 3.22. The van der Waals surface area contributed by atoms with Gasteiger partial charge < -0.3 is 14.9 Å². The minimum Gasteiger partial charge on any atom is -0.482 e. The molecular weight excluding hydrogens is 152 g/mol. The Morgan fingerprint density at radius 3 is 2.40 bits per heavy atom. The van der Waals surface area contributed by atoms with Crippen molar-refractivity contribution in [1.29, 1.82) is 0 Å². The van der Waals surface area contributed by atoms with Crippen molar-refractivity contribution in [2.24, 2.45) is 0 Å². The van der Waals surface area contributed by atoms with Gasteiger partial charge in [-0.05, 0) is 26.1 Å². The van der Waals surface area contributed by atoms with E-state index in [2.05, 4.69) is 12.2 Å². The third-order valence-electron chi connectivity index (χ3n) is 0.797. The summed E-state index contributed by atoms with van der Waals surface area (Å²) in [7, 11) is 0. The zero-order valence-corrected chi connectivity index (χ0v) is 6.89. The molecule has 10 heavy (non-hydrogen) atoms. The molecule has 2 N–H and O–H groups in total. The van der Waals surface area contributed by atoms with Crippen molar-refractivity contribution < 1.29 is 14.9 Å². The Kier molecular flexibility index (Phi) is 4.51. The topological polar surface area (TPSA) is 49.7 Å². The van der Waals surface area contributed by atoms with E-state index >= 15 is 0 Å². The molecular formula is C6H12O3S. The highest BCUT2D eigenvalue weighted by Gasteiger charge is 2.11. The average molecular weight is 164 g/mol. The summed E-state index contributed by atoms with van der Waals surface area (Å²) < 4.78 is 4.92. The molecule has 0 aliphatic carbocycles. The molecule has 0 spiro atoms. The van der Waals surface area contributed by atoms with Gasteiger partial charge in [-0.15, -0.1) is 0 Å². The van der Waals surface area contributed by atoms with Gasteiger partial charge in [-0.1, -0.05) is 0 Å². The second kappa shape index (κ2) is 4.60. The molecule has 1 unspecified atom stereocenters. The molecule has 0 aromatic rings. The van der Waals surface area contributed by atoms with Crippen molar-refractivity contribution in [1.82, 2.24) is 0 Å². The maximum absolute atomic E-state index is 8.86. The average Bonchev–Trinajstić information content (AvgIpc) is 1.85. The van der Waals surface area contributed by atoms with Crippen molar-refractivity contribution in [3.63, 3.8) is 0 Å². The molecule has 0 heterocycles. The van der Waals surface area contributed by atoms with Gasteiger partial charge in [0.1, 0.15) is 6.10 Å². The van der Waals surface area contributed by atoms with Gasteiger partial charge in [-0.2, -0.15) is 0 Å². The number of rotatable bonds is 3. The molecule has 3 nitrogen and oxygen atoms in total. The molecule has 0 saturated heterocycles. The van der Waals surface area contributed by atoms with Gasteiger partial charge in [0.15, 0.2) is 5.05 Å². The summed E-state index contributed by atoms with van der Waals surface area (Å²) in [5, 5.41) is 17.3. The Morgan fingerprint density at radius 2 is 2.10 bits per heavy atom. The highest BCUT2D eigenvalue weighted by atomic mass is 32.1. The number of thiocarbonyl (C=S) groups is 1. The van der Waals surface area contributed by atoms with Crippen molar-refractivity contribution in [2.75, 3.05) is 6.61 Å². The van der Waals surface area contributed by atoms with Crippen molar-refractivity contribution >= 4 is 17.3 Å². The number of hydrogen-bond donors (Lipinski definition) is 2. The SMILES string of the molecule is CC(C)OC(=S)C(O)CO. The molecule has 0 saturated carbocycles. The molecule has 0 aromatic heterocycles. The maximum Gasteiger partial charge on any atom is 0.191 e. The molecule has 4 heteroatoms. The van der Waals surface area contributed by atoms with E-state index in [-0.39, 0.29) is 17.8 Å². The Bertz CT molecular complexity index is 114. The van der Waals surface area contributed by atoms with E-state index < -0.39 is 6.10 Å². The van der Waals surface area contributed by atoms with E-state index in [9.17, 15) is 0 Å². The number of aliphatic hydroxyl groups excluding tert-OH is 2. The molecule has 0 fully saturated rings. The van der Waals surface area contributed by atoms with E-state index in [1.54, 1.807) is 13.8 Å². The molecule has 0 aromatic carbocycles. The van der Waals surface area contributed by atoms with E-state index in [1.807, 2.05) is 0 Å². The van der Waals surface area contributed by atoms with Crippen LogP contribution in [0.1, 0.15) is 13.8 Å². The quantitative estimate of drug-likeness (QED) is 0.580. The molecule has 0 rings (SSSR count). The second-order valence-corrected chi connectivity index (χ2v) is 2.59. The zero-order valence-electron chi connectivity index (χ0n) is 6.07. The first-order chi connectivity index (χ1) is 4.57. The van der Waals surface area contributed by atoms with E-state index in [0.717, 1.165) is 0 Å². The summed E-state index contributed by atoms with van der Waals surface area (Å²) in [4.78, 5) is 0. The first kappa shape index (κ1) is 9.81. The summed E-state index contributed by atoms with van der Waals surface area (Å²) in [6, 6.07) is 0. The van der Waals surface area contributed by atoms with E-state index in [4.69, 9.17) is 14.9 Å². The standard InChI is InChI=1S/C6H12O3S/c1-4(2)9-6(10)5(8)3-7/h4-5,7-8H,3H2,1-2H3. The first-order valence-electron chi connectivity index (χ1n) is 3.07. The number of hydrogen-bond acceptors (Lipinski definition) is 4. The van der Waals surface area contributed by atoms with Crippen LogP contribution in [0.3, 0.4) is 0 Å². The van der Waals surface area contributed by atoms with Crippen molar-refractivity contribution in [2.45, 2.75) is 26.1 Å². The van der Waals surface area contributed by atoms with Crippen LogP contribution in [0.2, 0.25) is 0 Å². The summed E-state index contributed by atoms with van der Waals surface area (Å²) in [5.41, 5.74) is 0. The zero-order chi connectivity index (χ0) is 8.15. The van der Waals surface area contributed by atoms with Crippen LogP contribution in [-0.2, 0) is 4.74 Å². The summed E-state index contributed by atoms with van der Waals surface area (Å²) in [5.74, 6) is 0. The van der Waals surface area contributed by atoms with Crippen molar-refractivity contribution in [3.8, 4) is 0 Å². The van der Waals surface area contributed by atoms with Crippen LogP contribution in [0, 0.1) is 0 Å². The highest BCUT2D eigenvalue weighted by Crippen LogP contribution is 1.95. The predicted molar refractivity (Wildman–Crippen MR) is 41.9 cm³/mol. The van der Waals surface area contributed by atoms with Crippen LogP contribution < -0.4 is 0 Å². The van der Waals surface area contributed by atoms with Crippen LogP contribution in [0.25, 0.3) is 0 Å². The lowest BCUT2D eigenvalue weighted by Crippen LogP contribution is -2.27.